The molecule has 0 aromatic rings. The molecule has 0 fully saturated rings. The Labute approximate surface area is 105 Å². The highest BCUT2D eigenvalue weighted by Gasteiger charge is 2.24. The largest absolute Gasteiger partial charge is 0.279 e. The van der Waals surface area contributed by atoms with Crippen molar-refractivity contribution < 1.29 is 8.42 Å². The normalized spacial score (nSPS) is 19.5. The number of hydrogen-bond donors (Lipinski definition) is 1. The molecule has 1 aliphatic rings. The molecule has 0 amide bonds. The molecule has 0 radical (unpaired) electrons. The van der Waals surface area contributed by atoms with E-state index in [1.807, 2.05) is 20.8 Å². The fourth-order valence-electron chi connectivity index (χ4n) is 1.92. The summed E-state index contributed by atoms with van der Waals surface area (Å²) in [6, 6.07) is -0.124. The third-order valence-electron chi connectivity index (χ3n) is 3.31. The molecule has 0 spiro atoms. The van der Waals surface area contributed by atoms with Crippen molar-refractivity contribution in [1.82, 2.24) is 9.03 Å². The minimum Gasteiger partial charge on any atom is -0.195 e. The van der Waals surface area contributed by atoms with Gasteiger partial charge in [0, 0.05) is 19.1 Å². The maximum atomic E-state index is 12.0. The Bertz CT molecular complexity index is 374. The van der Waals surface area contributed by atoms with Crippen LogP contribution in [-0.4, -0.2) is 31.9 Å². The summed E-state index contributed by atoms with van der Waals surface area (Å²) in [5, 5.41) is 0. The van der Waals surface area contributed by atoms with Gasteiger partial charge in [-0.05, 0) is 46.5 Å². The molecule has 0 unspecified atom stereocenters. The molecular weight excluding hydrogens is 236 g/mol. The molecule has 5 heteroatoms. The van der Waals surface area contributed by atoms with E-state index in [0.29, 0.717) is 0 Å². The highest BCUT2D eigenvalue weighted by atomic mass is 32.2. The van der Waals surface area contributed by atoms with Crippen LogP contribution in [0, 0.1) is 0 Å². The Kier molecular flexibility index (Phi) is 5.16. The zero-order chi connectivity index (χ0) is 13.1. The predicted molar refractivity (Wildman–Crippen MR) is 71.0 cm³/mol. The van der Waals surface area contributed by atoms with E-state index >= 15 is 0 Å². The maximum absolute atomic E-state index is 12.0. The van der Waals surface area contributed by atoms with Crippen LogP contribution in [0.25, 0.3) is 0 Å². The SMILES string of the molecule is CC(C)N(C)S(=O)(=O)N[C@H](C)C1=CCCCC1. The van der Waals surface area contributed by atoms with Crippen molar-refractivity contribution in [3.05, 3.63) is 11.6 Å². The first-order valence-corrected chi connectivity index (χ1v) is 7.73. The molecule has 0 aromatic carbocycles. The standard InChI is InChI=1S/C12H24N2O2S/c1-10(2)14(4)17(15,16)13-11(3)12-8-6-5-7-9-12/h8,10-11,13H,5-7,9H2,1-4H3/t11-/m1/s1. The summed E-state index contributed by atoms with van der Waals surface area (Å²) in [5.74, 6) is 0. The van der Waals surface area contributed by atoms with Crippen molar-refractivity contribution in [2.75, 3.05) is 7.05 Å². The summed E-state index contributed by atoms with van der Waals surface area (Å²) < 4.78 is 28.1. The summed E-state index contributed by atoms with van der Waals surface area (Å²) in [6.07, 6.45) is 6.63. The molecule has 0 saturated carbocycles. The van der Waals surface area contributed by atoms with Crippen LogP contribution in [0.5, 0.6) is 0 Å². The van der Waals surface area contributed by atoms with Gasteiger partial charge in [-0.1, -0.05) is 11.6 Å². The Morgan fingerprint density at radius 2 is 1.94 bits per heavy atom. The van der Waals surface area contributed by atoms with Crippen LogP contribution >= 0.6 is 0 Å². The zero-order valence-corrected chi connectivity index (χ0v) is 12.0. The van der Waals surface area contributed by atoms with Gasteiger partial charge in [0.1, 0.15) is 0 Å². The van der Waals surface area contributed by atoms with E-state index < -0.39 is 10.2 Å². The summed E-state index contributed by atoms with van der Waals surface area (Å²) >= 11 is 0. The van der Waals surface area contributed by atoms with Gasteiger partial charge in [-0.15, -0.1) is 0 Å². The average Bonchev–Trinajstić information content (AvgIpc) is 2.28. The van der Waals surface area contributed by atoms with Gasteiger partial charge in [-0.2, -0.15) is 17.4 Å². The van der Waals surface area contributed by atoms with Gasteiger partial charge < -0.3 is 0 Å². The van der Waals surface area contributed by atoms with E-state index in [0.717, 1.165) is 19.3 Å². The van der Waals surface area contributed by atoms with E-state index in [4.69, 9.17) is 0 Å². The minimum absolute atomic E-state index is 0.0277. The molecule has 0 bridgehead atoms. The van der Waals surface area contributed by atoms with Crippen LogP contribution in [0.4, 0.5) is 0 Å². The third kappa shape index (κ3) is 4.08. The number of nitrogens with zero attached hydrogens (tertiary/aromatic N) is 1. The molecule has 0 heterocycles. The summed E-state index contributed by atoms with van der Waals surface area (Å²) in [6.45, 7) is 5.65. The Hall–Kier alpha value is -0.390. The van der Waals surface area contributed by atoms with E-state index in [9.17, 15) is 8.42 Å². The van der Waals surface area contributed by atoms with Crippen LogP contribution in [0.3, 0.4) is 0 Å². The Balaban J connectivity index is 2.67. The fourth-order valence-corrected chi connectivity index (χ4v) is 3.24. The lowest BCUT2D eigenvalue weighted by Crippen LogP contribution is -2.45. The van der Waals surface area contributed by atoms with Gasteiger partial charge in [-0.25, -0.2) is 0 Å². The topological polar surface area (TPSA) is 49.4 Å². The lowest BCUT2D eigenvalue weighted by Gasteiger charge is -2.26. The zero-order valence-electron chi connectivity index (χ0n) is 11.2. The number of nitrogens with one attached hydrogen (secondary N) is 1. The Morgan fingerprint density at radius 3 is 2.41 bits per heavy atom. The van der Waals surface area contributed by atoms with E-state index in [1.165, 1.54) is 16.3 Å². The second-order valence-corrected chi connectivity index (χ2v) is 6.74. The molecule has 1 aliphatic carbocycles. The van der Waals surface area contributed by atoms with Crippen molar-refractivity contribution in [1.29, 1.82) is 0 Å². The van der Waals surface area contributed by atoms with Gasteiger partial charge in [0.15, 0.2) is 0 Å². The summed E-state index contributed by atoms with van der Waals surface area (Å²) in [7, 11) is -1.76. The second-order valence-electron chi connectivity index (χ2n) is 4.98. The highest BCUT2D eigenvalue weighted by molar-refractivity contribution is 7.87. The molecule has 0 saturated heterocycles. The van der Waals surface area contributed by atoms with Crippen LogP contribution in [0.1, 0.15) is 46.5 Å². The first-order valence-electron chi connectivity index (χ1n) is 6.29. The van der Waals surface area contributed by atoms with Gasteiger partial charge >= 0.3 is 0 Å². The molecule has 17 heavy (non-hydrogen) atoms. The molecule has 1 N–H and O–H groups in total. The number of allylic oxidation sites excluding steroid dienone is 1. The van der Waals surface area contributed by atoms with Crippen LogP contribution in [-0.2, 0) is 10.2 Å². The molecule has 100 valence electrons. The number of hydrogen-bond acceptors (Lipinski definition) is 2. The van der Waals surface area contributed by atoms with Crippen molar-refractivity contribution in [2.45, 2.75) is 58.5 Å². The molecule has 1 atom stereocenters. The quantitative estimate of drug-likeness (QED) is 0.769. The van der Waals surface area contributed by atoms with Crippen LogP contribution in [0.2, 0.25) is 0 Å². The predicted octanol–water partition coefficient (Wildman–Crippen LogP) is 2.05. The first-order chi connectivity index (χ1) is 7.84. The van der Waals surface area contributed by atoms with Gasteiger partial charge in [0.25, 0.3) is 10.2 Å². The van der Waals surface area contributed by atoms with E-state index in [2.05, 4.69) is 10.8 Å². The first kappa shape index (κ1) is 14.7. The van der Waals surface area contributed by atoms with Crippen LogP contribution < -0.4 is 4.72 Å². The van der Waals surface area contributed by atoms with Crippen LogP contribution in [0.15, 0.2) is 11.6 Å². The van der Waals surface area contributed by atoms with E-state index in [-0.39, 0.29) is 12.1 Å². The lowest BCUT2D eigenvalue weighted by atomic mass is 9.95. The van der Waals surface area contributed by atoms with Crippen molar-refractivity contribution in [3.63, 3.8) is 0 Å². The molecule has 0 aliphatic heterocycles. The summed E-state index contributed by atoms with van der Waals surface area (Å²) in [4.78, 5) is 0. The van der Waals surface area contributed by atoms with Gasteiger partial charge in [0.05, 0.1) is 0 Å². The average molecular weight is 260 g/mol. The molecule has 4 nitrogen and oxygen atoms in total. The van der Waals surface area contributed by atoms with Crippen molar-refractivity contribution in [2.24, 2.45) is 0 Å². The fraction of sp³-hybridized carbons (Fsp3) is 0.833. The highest BCUT2D eigenvalue weighted by Crippen LogP contribution is 2.20. The second kappa shape index (κ2) is 5.98. The molecule has 0 aromatic heterocycles. The summed E-state index contributed by atoms with van der Waals surface area (Å²) in [5.41, 5.74) is 1.22. The van der Waals surface area contributed by atoms with Crippen molar-refractivity contribution >= 4 is 10.2 Å². The smallest absolute Gasteiger partial charge is 0.195 e. The molecule has 1 rings (SSSR count). The van der Waals surface area contributed by atoms with Gasteiger partial charge in [0.2, 0.25) is 0 Å². The van der Waals surface area contributed by atoms with Gasteiger partial charge in [-0.3, -0.25) is 0 Å². The number of rotatable bonds is 5. The molecular formula is C12H24N2O2S. The van der Waals surface area contributed by atoms with E-state index in [1.54, 1.807) is 7.05 Å². The Morgan fingerprint density at radius 1 is 1.29 bits per heavy atom. The van der Waals surface area contributed by atoms with Crippen molar-refractivity contribution in [3.8, 4) is 0 Å². The third-order valence-corrected chi connectivity index (χ3v) is 5.15. The minimum atomic E-state index is -3.37. The monoisotopic (exact) mass is 260 g/mol. The maximum Gasteiger partial charge on any atom is 0.279 e. The lowest BCUT2D eigenvalue weighted by molar-refractivity contribution is 0.399.